The van der Waals surface area contributed by atoms with Gasteiger partial charge in [0, 0.05) is 19.3 Å². The molecule has 0 aromatic rings. The molecule has 23 heavy (non-hydrogen) atoms. The second-order valence-electron chi connectivity index (χ2n) is 7.05. The van der Waals surface area contributed by atoms with Gasteiger partial charge in [0.15, 0.2) is 0 Å². The van der Waals surface area contributed by atoms with Crippen LogP contribution in [0.15, 0.2) is 11.8 Å². The van der Waals surface area contributed by atoms with E-state index in [-0.39, 0.29) is 11.5 Å². The van der Waals surface area contributed by atoms with E-state index in [0.29, 0.717) is 18.3 Å². The molecule has 128 valence electrons. The fourth-order valence-electron chi connectivity index (χ4n) is 3.07. The summed E-state index contributed by atoms with van der Waals surface area (Å²) in [5, 5.41) is 20.9. The number of likely N-dealkylation sites (tertiary alicyclic amines) is 1. The Labute approximate surface area is 138 Å². The van der Waals surface area contributed by atoms with E-state index in [0.717, 1.165) is 19.5 Å². The Bertz CT molecular complexity index is 498. The summed E-state index contributed by atoms with van der Waals surface area (Å²) in [5.74, 6) is -0.554. The molecule has 0 spiro atoms. The highest BCUT2D eigenvalue weighted by atomic mass is 16.4. The molecule has 0 aromatic carbocycles. The molecule has 1 saturated heterocycles. The van der Waals surface area contributed by atoms with Gasteiger partial charge < -0.3 is 15.3 Å². The van der Waals surface area contributed by atoms with Crippen LogP contribution in [0.25, 0.3) is 0 Å². The summed E-state index contributed by atoms with van der Waals surface area (Å²) < 4.78 is 0. The Balaban J connectivity index is 2.79. The number of carbonyl (C=O) groups is 2. The number of nitrogens with zero attached hydrogens (tertiary/aromatic N) is 2. The van der Waals surface area contributed by atoms with Gasteiger partial charge >= 0.3 is 5.97 Å². The highest BCUT2D eigenvalue weighted by Gasteiger charge is 2.25. The van der Waals surface area contributed by atoms with Crippen molar-refractivity contribution in [2.45, 2.75) is 46.6 Å². The number of hydrogen-bond donors (Lipinski definition) is 2. The summed E-state index contributed by atoms with van der Waals surface area (Å²) in [6, 6.07) is 0.917. The van der Waals surface area contributed by atoms with E-state index in [4.69, 9.17) is 0 Å². The van der Waals surface area contributed by atoms with Gasteiger partial charge in [-0.15, -0.1) is 0 Å². The summed E-state index contributed by atoms with van der Waals surface area (Å²) in [6.45, 7) is 9.67. The van der Waals surface area contributed by atoms with Crippen molar-refractivity contribution in [3.8, 4) is 6.07 Å². The van der Waals surface area contributed by atoms with Crippen molar-refractivity contribution < 1.29 is 14.7 Å². The fourth-order valence-corrected chi connectivity index (χ4v) is 3.07. The molecule has 1 fully saturated rings. The molecule has 3 atom stereocenters. The summed E-state index contributed by atoms with van der Waals surface area (Å²) in [5.41, 5.74) is -0.0405. The van der Waals surface area contributed by atoms with E-state index in [2.05, 4.69) is 19.2 Å². The van der Waals surface area contributed by atoms with Crippen LogP contribution in [-0.4, -0.2) is 41.0 Å². The molecule has 6 nitrogen and oxygen atoms in total. The van der Waals surface area contributed by atoms with Crippen molar-refractivity contribution >= 4 is 11.9 Å². The van der Waals surface area contributed by atoms with Crippen LogP contribution in [0.3, 0.4) is 0 Å². The number of carboxylic acids is 1. The van der Waals surface area contributed by atoms with Gasteiger partial charge in [0.25, 0.3) is 5.91 Å². The van der Waals surface area contributed by atoms with E-state index in [1.807, 2.05) is 24.8 Å². The van der Waals surface area contributed by atoms with E-state index in [1.54, 1.807) is 6.20 Å². The third-order valence-electron chi connectivity index (χ3n) is 3.88. The van der Waals surface area contributed by atoms with E-state index >= 15 is 0 Å². The first kappa shape index (κ1) is 19.0. The van der Waals surface area contributed by atoms with Crippen molar-refractivity contribution in [2.24, 2.45) is 17.8 Å². The molecule has 0 saturated carbocycles. The monoisotopic (exact) mass is 321 g/mol. The van der Waals surface area contributed by atoms with Gasteiger partial charge in [0.1, 0.15) is 17.7 Å². The molecule has 2 N–H and O–H groups in total. The normalized spacial score (nSPS) is 23.3. The largest absolute Gasteiger partial charge is 0.480 e. The zero-order valence-corrected chi connectivity index (χ0v) is 14.4. The number of carboxylic acid groups (broad SMARTS) is 1. The van der Waals surface area contributed by atoms with Crippen LogP contribution < -0.4 is 5.32 Å². The number of amides is 1. The van der Waals surface area contributed by atoms with Crippen molar-refractivity contribution in [3.05, 3.63) is 11.8 Å². The highest BCUT2D eigenvalue weighted by Crippen LogP contribution is 2.21. The van der Waals surface area contributed by atoms with Crippen LogP contribution in [-0.2, 0) is 9.59 Å². The lowest BCUT2D eigenvalue weighted by molar-refractivity contribution is -0.141. The molecule has 1 heterocycles. The third kappa shape index (κ3) is 6.31. The number of hydrogen-bond acceptors (Lipinski definition) is 4. The number of piperidine rings is 1. The van der Waals surface area contributed by atoms with Crippen molar-refractivity contribution in [3.63, 3.8) is 0 Å². The maximum absolute atomic E-state index is 12.2. The van der Waals surface area contributed by atoms with Gasteiger partial charge in [0.05, 0.1) is 0 Å². The minimum Gasteiger partial charge on any atom is -0.480 e. The molecular formula is C17H27N3O3. The second kappa shape index (κ2) is 8.56. The number of aliphatic carboxylic acids is 1. The Hall–Kier alpha value is -2.03. The topological polar surface area (TPSA) is 93.4 Å². The summed E-state index contributed by atoms with van der Waals surface area (Å²) >= 11 is 0. The quantitative estimate of drug-likeness (QED) is 0.576. The predicted molar refractivity (Wildman–Crippen MR) is 87.2 cm³/mol. The van der Waals surface area contributed by atoms with Crippen LogP contribution in [0.2, 0.25) is 0 Å². The summed E-state index contributed by atoms with van der Waals surface area (Å²) in [4.78, 5) is 25.4. The molecule has 1 aliphatic rings. The molecule has 0 bridgehead atoms. The molecule has 3 unspecified atom stereocenters. The summed E-state index contributed by atoms with van der Waals surface area (Å²) in [7, 11) is 0. The van der Waals surface area contributed by atoms with Gasteiger partial charge in [-0.25, -0.2) is 4.79 Å². The van der Waals surface area contributed by atoms with Crippen LogP contribution in [0.1, 0.15) is 40.5 Å². The van der Waals surface area contributed by atoms with Crippen molar-refractivity contribution in [1.82, 2.24) is 10.2 Å². The smallest absolute Gasteiger partial charge is 0.326 e. The zero-order chi connectivity index (χ0) is 17.6. The lowest BCUT2D eigenvalue weighted by atomic mass is 9.92. The number of nitrogens with one attached hydrogen (secondary N) is 1. The first-order valence-electron chi connectivity index (χ1n) is 8.12. The van der Waals surface area contributed by atoms with Gasteiger partial charge in [-0.1, -0.05) is 27.7 Å². The molecule has 0 aliphatic carbocycles. The minimum absolute atomic E-state index is 0.0405. The van der Waals surface area contributed by atoms with E-state index in [9.17, 15) is 20.0 Å². The van der Waals surface area contributed by atoms with Gasteiger partial charge in [-0.2, -0.15) is 5.26 Å². The van der Waals surface area contributed by atoms with Crippen LogP contribution >= 0.6 is 0 Å². The molecule has 0 aromatic heterocycles. The van der Waals surface area contributed by atoms with Crippen LogP contribution in [0, 0.1) is 29.1 Å². The lowest BCUT2D eigenvalue weighted by Gasteiger charge is -2.34. The van der Waals surface area contributed by atoms with Crippen molar-refractivity contribution in [1.29, 1.82) is 5.26 Å². The molecular weight excluding hydrogens is 294 g/mol. The molecule has 0 radical (unpaired) electrons. The maximum atomic E-state index is 12.2. The molecule has 1 rings (SSSR count). The first-order chi connectivity index (χ1) is 10.7. The number of nitriles is 1. The minimum atomic E-state index is -1.08. The molecule has 6 heteroatoms. The highest BCUT2D eigenvalue weighted by molar-refractivity contribution is 5.99. The maximum Gasteiger partial charge on any atom is 0.326 e. The Morgan fingerprint density at radius 1 is 1.35 bits per heavy atom. The van der Waals surface area contributed by atoms with E-state index in [1.165, 1.54) is 0 Å². The number of carbonyl (C=O) groups excluding carboxylic acids is 1. The predicted octanol–water partition coefficient (Wildman–Crippen LogP) is 1.99. The number of rotatable bonds is 6. The summed E-state index contributed by atoms with van der Waals surface area (Å²) in [6.07, 6.45) is 3.03. The van der Waals surface area contributed by atoms with Crippen LogP contribution in [0.5, 0.6) is 0 Å². The van der Waals surface area contributed by atoms with E-state index < -0.39 is 17.9 Å². The van der Waals surface area contributed by atoms with Gasteiger partial charge in [0.2, 0.25) is 0 Å². The van der Waals surface area contributed by atoms with Gasteiger partial charge in [-0.3, -0.25) is 4.79 Å². The lowest BCUT2D eigenvalue weighted by Crippen LogP contribution is -2.43. The molecule has 1 amide bonds. The Morgan fingerprint density at radius 3 is 2.35 bits per heavy atom. The van der Waals surface area contributed by atoms with Crippen LogP contribution in [0.4, 0.5) is 0 Å². The average Bonchev–Trinajstić information content (AvgIpc) is 2.42. The van der Waals surface area contributed by atoms with Gasteiger partial charge in [-0.05, 0) is 30.6 Å². The Morgan fingerprint density at radius 2 is 1.91 bits per heavy atom. The molecule has 1 aliphatic heterocycles. The third-order valence-corrected chi connectivity index (χ3v) is 3.88. The Kier molecular flexibility index (Phi) is 7.08. The fraction of sp³-hybridized carbons (Fsp3) is 0.706. The van der Waals surface area contributed by atoms with Crippen molar-refractivity contribution in [2.75, 3.05) is 13.1 Å². The average molecular weight is 321 g/mol. The second-order valence-corrected chi connectivity index (χ2v) is 7.05. The zero-order valence-electron chi connectivity index (χ0n) is 14.4. The SMILES string of the molecule is CC(C)CC(NC(=O)/C(C#N)=C\N1CC(C)CC(C)C1)C(=O)O. The first-order valence-corrected chi connectivity index (χ1v) is 8.12. The standard InChI is InChI=1S/C17H27N3O3/c1-11(2)5-15(17(22)23)19-16(21)14(7-18)10-20-8-12(3)6-13(4)9-20/h10-13,15H,5-6,8-9H2,1-4H3,(H,19,21)(H,22,23)/b14-10-.